The number of ether oxygens (including phenoxy) is 2. The summed E-state index contributed by atoms with van der Waals surface area (Å²) in [5, 5.41) is 7.42. The maximum absolute atomic E-state index is 12.2. The van der Waals surface area contributed by atoms with Gasteiger partial charge in [-0.05, 0) is 25.3 Å². The molecule has 1 amide bonds. The molecule has 23 heavy (non-hydrogen) atoms. The average molecular weight is 322 g/mol. The molecular weight excluding hydrogens is 296 g/mol. The van der Waals surface area contributed by atoms with Crippen molar-refractivity contribution >= 4 is 5.91 Å². The second-order valence-electron chi connectivity index (χ2n) is 6.42. The molecule has 0 spiro atoms. The van der Waals surface area contributed by atoms with Crippen molar-refractivity contribution in [2.75, 3.05) is 39.5 Å². The molecule has 2 fully saturated rings. The maximum atomic E-state index is 12.2. The minimum absolute atomic E-state index is 0.0823. The number of hydrogen-bond donors (Lipinski definition) is 1. The van der Waals surface area contributed by atoms with Crippen LogP contribution in [0.1, 0.15) is 18.4 Å². The largest absolute Gasteiger partial charge is 0.381 e. The van der Waals surface area contributed by atoms with E-state index in [4.69, 9.17) is 9.47 Å². The van der Waals surface area contributed by atoms with Crippen LogP contribution in [0.15, 0.2) is 12.4 Å². The standard InChI is InChI=1S/C16H26N4O3/c1-13-8-17-20(9-13)11-15-10-19(4-7-23-15)12-16(21)18-14-2-5-22-6-3-14/h8-9,14-15H,2-7,10-12H2,1H3,(H,18,21)/t15-/m1/s1. The van der Waals surface area contributed by atoms with Gasteiger partial charge in [-0.25, -0.2) is 0 Å². The number of morpholine rings is 1. The minimum Gasteiger partial charge on any atom is -0.381 e. The van der Waals surface area contributed by atoms with E-state index < -0.39 is 0 Å². The molecular formula is C16H26N4O3. The monoisotopic (exact) mass is 322 g/mol. The van der Waals surface area contributed by atoms with Crippen molar-refractivity contribution in [3.63, 3.8) is 0 Å². The topological polar surface area (TPSA) is 68.6 Å². The second-order valence-corrected chi connectivity index (χ2v) is 6.42. The summed E-state index contributed by atoms with van der Waals surface area (Å²) in [6.07, 6.45) is 5.77. The van der Waals surface area contributed by atoms with Crippen LogP contribution in [0.5, 0.6) is 0 Å². The Morgan fingerprint density at radius 2 is 2.22 bits per heavy atom. The third kappa shape index (κ3) is 5.02. The van der Waals surface area contributed by atoms with Crippen molar-refractivity contribution < 1.29 is 14.3 Å². The van der Waals surface area contributed by atoms with E-state index in [2.05, 4.69) is 15.3 Å². The number of nitrogens with zero attached hydrogens (tertiary/aromatic N) is 3. The first kappa shape index (κ1) is 16.4. The zero-order chi connectivity index (χ0) is 16.1. The van der Waals surface area contributed by atoms with Gasteiger partial charge in [0.15, 0.2) is 0 Å². The molecule has 1 aromatic rings. The molecule has 0 saturated carbocycles. The van der Waals surface area contributed by atoms with Gasteiger partial charge in [0, 0.05) is 38.5 Å². The Labute approximate surface area is 136 Å². The van der Waals surface area contributed by atoms with Gasteiger partial charge >= 0.3 is 0 Å². The van der Waals surface area contributed by atoms with Gasteiger partial charge in [0.2, 0.25) is 5.91 Å². The number of nitrogens with one attached hydrogen (secondary N) is 1. The molecule has 1 atom stereocenters. The van der Waals surface area contributed by atoms with Gasteiger partial charge in [-0.3, -0.25) is 14.4 Å². The van der Waals surface area contributed by atoms with Crippen LogP contribution in [0.3, 0.4) is 0 Å². The van der Waals surface area contributed by atoms with Crippen LogP contribution in [0.2, 0.25) is 0 Å². The fourth-order valence-corrected chi connectivity index (χ4v) is 3.13. The first-order chi connectivity index (χ1) is 11.2. The molecule has 0 aliphatic carbocycles. The van der Waals surface area contributed by atoms with Crippen LogP contribution in [0, 0.1) is 6.92 Å². The second kappa shape index (κ2) is 7.90. The summed E-state index contributed by atoms with van der Waals surface area (Å²) in [6, 6.07) is 0.264. The summed E-state index contributed by atoms with van der Waals surface area (Å²) in [4.78, 5) is 14.4. The van der Waals surface area contributed by atoms with Crippen LogP contribution in [-0.2, 0) is 20.8 Å². The quantitative estimate of drug-likeness (QED) is 0.838. The number of carbonyl (C=O) groups is 1. The van der Waals surface area contributed by atoms with Crippen molar-refractivity contribution in [2.24, 2.45) is 0 Å². The minimum atomic E-state index is 0.0823. The lowest BCUT2D eigenvalue weighted by Crippen LogP contribution is -2.50. The van der Waals surface area contributed by atoms with Gasteiger partial charge in [0.1, 0.15) is 0 Å². The van der Waals surface area contributed by atoms with E-state index in [9.17, 15) is 4.79 Å². The molecule has 7 heteroatoms. The molecule has 0 aromatic carbocycles. The molecule has 3 rings (SSSR count). The third-order valence-corrected chi connectivity index (χ3v) is 4.33. The first-order valence-corrected chi connectivity index (χ1v) is 8.39. The summed E-state index contributed by atoms with van der Waals surface area (Å²) in [6.45, 7) is 6.91. The van der Waals surface area contributed by atoms with Crippen molar-refractivity contribution in [3.8, 4) is 0 Å². The Bertz CT molecular complexity index is 513. The van der Waals surface area contributed by atoms with E-state index >= 15 is 0 Å². The Hall–Kier alpha value is -1.44. The summed E-state index contributed by atoms with van der Waals surface area (Å²) < 4.78 is 13.0. The van der Waals surface area contributed by atoms with E-state index in [1.54, 1.807) is 0 Å². The fraction of sp³-hybridized carbons (Fsp3) is 0.750. The number of aryl methyl sites for hydroxylation is 1. The van der Waals surface area contributed by atoms with Crippen molar-refractivity contribution in [1.82, 2.24) is 20.0 Å². The van der Waals surface area contributed by atoms with Crippen LogP contribution in [0.25, 0.3) is 0 Å². The third-order valence-electron chi connectivity index (χ3n) is 4.33. The molecule has 0 unspecified atom stereocenters. The van der Waals surface area contributed by atoms with Gasteiger partial charge in [-0.2, -0.15) is 5.10 Å². The highest BCUT2D eigenvalue weighted by molar-refractivity contribution is 5.78. The van der Waals surface area contributed by atoms with E-state index in [1.165, 1.54) is 0 Å². The van der Waals surface area contributed by atoms with Crippen LogP contribution < -0.4 is 5.32 Å². The van der Waals surface area contributed by atoms with Gasteiger partial charge < -0.3 is 14.8 Å². The molecule has 1 N–H and O–H groups in total. The molecule has 0 bridgehead atoms. The van der Waals surface area contributed by atoms with Gasteiger partial charge in [-0.15, -0.1) is 0 Å². The Balaban J connectivity index is 1.43. The van der Waals surface area contributed by atoms with Crippen molar-refractivity contribution in [3.05, 3.63) is 18.0 Å². The molecule has 2 aliphatic heterocycles. The smallest absolute Gasteiger partial charge is 0.234 e. The lowest BCUT2D eigenvalue weighted by molar-refractivity contribution is -0.125. The zero-order valence-corrected chi connectivity index (χ0v) is 13.7. The zero-order valence-electron chi connectivity index (χ0n) is 13.7. The summed E-state index contributed by atoms with van der Waals surface area (Å²) in [5.74, 6) is 0.104. The van der Waals surface area contributed by atoms with E-state index in [-0.39, 0.29) is 18.1 Å². The van der Waals surface area contributed by atoms with Crippen molar-refractivity contribution in [2.45, 2.75) is 38.5 Å². The predicted octanol–water partition coefficient (Wildman–Crippen LogP) is 0.188. The van der Waals surface area contributed by atoms with E-state index in [0.29, 0.717) is 13.2 Å². The molecule has 2 aliphatic rings. The normalized spacial score (nSPS) is 23.8. The number of hydrogen-bond acceptors (Lipinski definition) is 5. The molecule has 7 nitrogen and oxygen atoms in total. The summed E-state index contributed by atoms with van der Waals surface area (Å²) >= 11 is 0. The van der Waals surface area contributed by atoms with Crippen LogP contribution >= 0.6 is 0 Å². The number of aromatic nitrogens is 2. The number of carbonyl (C=O) groups excluding carboxylic acids is 1. The lowest BCUT2D eigenvalue weighted by atomic mass is 10.1. The average Bonchev–Trinajstić information content (AvgIpc) is 2.93. The Kier molecular flexibility index (Phi) is 5.64. The molecule has 0 radical (unpaired) electrons. The Morgan fingerprint density at radius 1 is 1.39 bits per heavy atom. The lowest BCUT2D eigenvalue weighted by Gasteiger charge is -2.33. The maximum Gasteiger partial charge on any atom is 0.234 e. The fourth-order valence-electron chi connectivity index (χ4n) is 3.13. The molecule has 128 valence electrons. The highest BCUT2D eigenvalue weighted by Crippen LogP contribution is 2.09. The predicted molar refractivity (Wildman–Crippen MR) is 85.1 cm³/mol. The number of amides is 1. The SMILES string of the molecule is Cc1cnn(C[C@H]2CN(CC(=O)NC3CCOCC3)CCO2)c1. The Morgan fingerprint density at radius 3 is 2.96 bits per heavy atom. The number of rotatable bonds is 5. The highest BCUT2D eigenvalue weighted by Gasteiger charge is 2.24. The summed E-state index contributed by atoms with van der Waals surface area (Å²) in [5.41, 5.74) is 1.15. The van der Waals surface area contributed by atoms with E-state index in [0.717, 1.165) is 51.3 Å². The molecule has 1 aromatic heterocycles. The van der Waals surface area contributed by atoms with Crippen molar-refractivity contribution in [1.29, 1.82) is 0 Å². The van der Waals surface area contributed by atoms with Gasteiger partial charge in [-0.1, -0.05) is 0 Å². The van der Waals surface area contributed by atoms with Gasteiger partial charge in [0.25, 0.3) is 0 Å². The molecule has 3 heterocycles. The van der Waals surface area contributed by atoms with Crippen LogP contribution in [0.4, 0.5) is 0 Å². The van der Waals surface area contributed by atoms with Gasteiger partial charge in [0.05, 0.1) is 32.0 Å². The van der Waals surface area contributed by atoms with E-state index in [1.807, 2.05) is 24.0 Å². The first-order valence-electron chi connectivity index (χ1n) is 8.39. The highest BCUT2D eigenvalue weighted by atomic mass is 16.5. The summed E-state index contributed by atoms with van der Waals surface area (Å²) in [7, 11) is 0. The van der Waals surface area contributed by atoms with Crippen LogP contribution in [-0.4, -0.2) is 72.2 Å². The molecule has 2 saturated heterocycles.